The van der Waals surface area contributed by atoms with Crippen LogP contribution < -0.4 is 21.1 Å². The second-order valence-corrected chi connectivity index (χ2v) is 11.5. The van der Waals surface area contributed by atoms with Gasteiger partial charge in [-0.3, -0.25) is 14.0 Å². The number of aryl methyl sites for hydroxylation is 1. The van der Waals surface area contributed by atoms with Crippen LogP contribution >= 0.6 is 0 Å². The van der Waals surface area contributed by atoms with E-state index >= 15 is 0 Å². The van der Waals surface area contributed by atoms with E-state index in [-0.39, 0.29) is 35.4 Å². The Morgan fingerprint density at radius 1 is 1.12 bits per heavy atom. The molecular weight excluding hydrogens is 572 g/mol. The predicted molar refractivity (Wildman–Crippen MR) is 153 cm³/mol. The molecular formula is C26H29F2N9O4S. The van der Waals surface area contributed by atoms with Crippen LogP contribution in [0.3, 0.4) is 0 Å². The maximum atomic E-state index is 14.7. The summed E-state index contributed by atoms with van der Waals surface area (Å²) in [5, 5.41) is 4.39. The minimum atomic E-state index is -1.08. The van der Waals surface area contributed by atoms with Crippen molar-refractivity contribution in [2.45, 2.75) is 6.54 Å². The number of nitrogen functional groups attached to an aromatic ring is 1. The third-order valence-corrected chi connectivity index (χ3v) is 8.04. The molecule has 2 N–H and O–H groups in total. The fourth-order valence-corrected chi connectivity index (χ4v) is 5.41. The zero-order valence-electron chi connectivity index (χ0n) is 23.0. The van der Waals surface area contributed by atoms with E-state index in [0.29, 0.717) is 67.7 Å². The molecule has 0 aliphatic carbocycles. The lowest BCUT2D eigenvalue weighted by molar-refractivity contribution is 0.247. The standard InChI is InChI=1S/C26H29F2N9O4S/c1-33-21-23(31-25(29)37-24(21)30-22(32-37)19-4-3-11-40-19)36(26(33)38)10-7-34-5-8-35(9-6-34)18-15-20(17(28)14-16(18)27)41-12-13-42(2)39/h3-4,11,14-15H,5-10,12-13H2,1-2H3,(H2,29,31). The molecule has 0 saturated carbocycles. The summed E-state index contributed by atoms with van der Waals surface area (Å²) in [4.78, 5) is 26.3. The Morgan fingerprint density at radius 3 is 2.62 bits per heavy atom. The van der Waals surface area contributed by atoms with Crippen LogP contribution in [0.4, 0.5) is 20.4 Å². The maximum Gasteiger partial charge on any atom is 0.330 e. The zero-order chi connectivity index (χ0) is 29.5. The van der Waals surface area contributed by atoms with Crippen molar-refractivity contribution in [3.8, 4) is 17.3 Å². The van der Waals surface area contributed by atoms with Crippen LogP contribution in [0.5, 0.6) is 5.75 Å². The second kappa shape index (κ2) is 11.3. The molecule has 5 aromatic rings. The molecule has 0 radical (unpaired) electrons. The predicted octanol–water partition coefficient (Wildman–Crippen LogP) is 1.48. The number of fused-ring (bicyclic) bond motifs is 3. The molecule has 6 rings (SSSR count). The Hall–Kier alpha value is -4.15. The van der Waals surface area contributed by atoms with Crippen LogP contribution in [0.25, 0.3) is 28.4 Å². The molecule has 0 amide bonds. The lowest BCUT2D eigenvalue weighted by atomic mass is 10.2. The number of hydrogen-bond acceptors (Lipinski definition) is 10. The van der Waals surface area contributed by atoms with Crippen LogP contribution in [0.15, 0.2) is 39.7 Å². The number of nitrogens with zero attached hydrogens (tertiary/aromatic N) is 8. The number of nitrogens with two attached hydrogens (primary N) is 1. The van der Waals surface area contributed by atoms with Crippen LogP contribution in [-0.4, -0.2) is 89.5 Å². The molecule has 13 nitrogen and oxygen atoms in total. The van der Waals surface area contributed by atoms with Crippen molar-refractivity contribution in [1.82, 2.24) is 33.6 Å². The fraction of sp³-hybridized carbons (Fsp3) is 0.385. The molecule has 1 atom stereocenters. The molecule has 0 bridgehead atoms. The highest BCUT2D eigenvalue weighted by atomic mass is 32.2. The third kappa shape index (κ3) is 5.16. The normalized spacial score (nSPS) is 15.2. The first-order valence-electron chi connectivity index (χ1n) is 13.3. The van der Waals surface area contributed by atoms with Crippen molar-refractivity contribution in [1.29, 1.82) is 0 Å². The monoisotopic (exact) mass is 601 g/mol. The topological polar surface area (TPSA) is 148 Å². The summed E-state index contributed by atoms with van der Waals surface area (Å²) in [5.74, 6) is -0.410. The van der Waals surface area contributed by atoms with Gasteiger partial charge in [0.2, 0.25) is 11.8 Å². The van der Waals surface area contributed by atoms with Gasteiger partial charge in [-0.2, -0.15) is 9.50 Å². The van der Waals surface area contributed by atoms with Crippen molar-refractivity contribution in [2.24, 2.45) is 7.05 Å². The van der Waals surface area contributed by atoms with Crippen molar-refractivity contribution in [3.63, 3.8) is 0 Å². The van der Waals surface area contributed by atoms with E-state index in [1.54, 1.807) is 23.7 Å². The SMILES string of the molecule is Cn1c(=O)n(CCN2CCN(c3cc(OCC[S+](C)[O-])c(F)cc3F)CC2)c2nc(N)n3nc(-c4ccco4)nc3c21. The summed E-state index contributed by atoms with van der Waals surface area (Å²) >= 11 is -1.08. The van der Waals surface area contributed by atoms with Crippen LogP contribution in [0.1, 0.15) is 0 Å². The van der Waals surface area contributed by atoms with E-state index in [2.05, 4.69) is 20.0 Å². The Morgan fingerprint density at radius 2 is 1.90 bits per heavy atom. The maximum absolute atomic E-state index is 14.7. The van der Waals surface area contributed by atoms with E-state index in [4.69, 9.17) is 14.9 Å². The number of ether oxygens (including phenoxy) is 1. The molecule has 4 aromatic heterocycles. The quantitative estimate of drug-likeness (QED) is 0.246. The first-order chi connectivity index (χ1) is 20.2. The largest absolute Gasteiger partial charge is 0.616 e. The van der Waals surface area contributed by atoms with Crippen molar-refractivity contribution < 1.29 is 22.5 Å². The number of halogens is 2. The number of imidazole rings is 1. The van der Waals surface area contributed by atoms with Gasteiger partial charge >= 0.3 is 5.69 Å². The van der Waals surface area contributed by atoms with Crippen LogP contribution in [0, 0.1) is 11.6 Å². The molecule has 1 unspecified atom stereocenters. The van der Waals surface area contributed by atoms with Crippen molar-refractivity contribution in [2.75, 3.05) is 62.0 Å². The number of anilines is 2. The molecule has 0 spiro atoms. The summed E-state index contributed by atoms with van der Waals surface area (Å²) in [5.41, 5.74) is 7.48. The Labute approximate surface area is 241 Å². The van der Waals surface area contributed by atoms with Gasteiger partial charge < -0.3 is 24.3 Å². The van der Waals surface area contributed by atoms with Gasteiger partial charge in [-0.15, -0.1) is 5.10 Å². The molecule has 1 aliphatic rings. The zero-order valence-corrected chi connectivity index (χ0v) is 23.8. The first-order valence-corrected chi connectivity index (χ1v) is 15.0. The van der Waals surface area contributed by atoms with Gasteiger partial charge in [0.15, 0.2) is 28.6 Å². The van der Waals surface area contributed by atoms with Gasteiger partial charge in [0.05, 0.1) is 18.2 Å². The third-order valence-electron chi connectivity index (χ3n) is 7.30. The van der Waals surface area contributed by atoms with Gasteiger partial charge in [-0.1, -0.05) is 11.2 Å². The molecule has 1 fully saturated rings. The van der Waals surface area contributed by atoms with E-state index in [0.717, 1.165) is 6.07 Å². The number of aromatic nitrogens is 6. The Balaban J connectivity index is 1.16. The molecule has 42 heavy (non-hydrogen) atoms. The summed E-state index contributed by atoms with van der Waals surface area (Å²) < 4.78 is 55.4. The fourth-order valence-electron chi connectivity index (χ4n) is 5.10. The minimum Gasteiger partial charge on any atom is -0.616 e. The van der Waals surface area contributed by atoms with Crippen molar-refractivity contribution in [3.05, 3.63) is 52.6 Å². The minimum absolute atomic E-state index is 0.0700. The molecule has 222 valence electrons. The molecule has 5 heterocycles. The summed E-state index contributed by atoms with van der Waals surface area (Å²) in [7, 11) is 1.65. The van der Waals surface area contributed by atoms with Gasteiger partial charge in [-0.25, -0.2) is 18.6 Å². The number of rotatable bonds is 9. The molecule has 1 aliphatic heterocycles. The lowest BCUT2D eigenvalue weighted by Crippen LogP contribution is -2.47. The van der Waals surface area contributed by atoms with Gasteiger partial charge in [0.1, 0.15) is 23.7 Å². The highest BCUT2D eigenvalue weighted by Crippen LogP contribution is 2.29. The Kier molecular flexibility index (Phi) is 7.51. The number of hydrogen-bond donors (Lipinski definition) is 1. The summed E-state index contributed by atoms with van der Waals surface area (Å²) in [6, 6.07) is 5.63. The average Bonchev–Trinajstić information content (AvgIpc) is 3.69. The first kappa shape index (κ1) is 28.0. The highest BCUT2D eigenvalue weighted by Gasteiger charge is 2.24. The van der Waals surface area contributed by atoms with E-state index in [1.165, 1.54) is 27.7 Å². The smallest absolute Gasteiger partial charge is 0.330 e. The van der Waals surface area contributed by atoms with Gasteiger partial charge in [-0.05, 0) is 12.1 Å². The van der Waals surface area contributed by atoms with E-state index < -0.39 is 22.8 Å². The second-order valence-electron chi connectivity index (χ2n) is 9.97. The van der Waals surface area contributed by atoms with Gasteiger partial charge in [0.25, 0.3) is 0 Å². The van der Waals surface area contributed by atoms with Crippen LogP contribution in [-0.2, 0) is 24.8 Å². The van der Waals surface area contributed by atoms with E-state index in [9.17, 15) is 18.1 Å². The van der Waals surface area contributed by atoms with E-state index in [1.807, 2.05) is 4.90 Å². The number of furan rings is 1. The highest BCUT2D eigenvalue weighted by molar-refractivity contribution is 7.90. The van der Waals surface area contributed by atoms with Gasteiger partial charge in [0, 0.05) is 58.4 Å². The average molecular weight is 602 g/mol. The van der Waals surface area contributed by atoms with Crippen LogP contribution in [0.2, 0.25) is 0 Å². The molecule has 16 heteroatoms. The Bertz CT molecular complexity index is 1790. The summed E-state index contributed by atoms with van der Waals surface area (Å²) in [6.45, 7) is 3.13. The molecule has 1 saturated heterocycles. The summed E-state index contributed by atoms with van der Waals surface area (Å²) in [6.07, 6.45) is 3.05. The molecule has 1 aromatic carbocycles. The number of benzene rings is 1. The van der Waals surface area contributed by atoms with Crippen molar-refractivity contribution >= 4 is 39.6 Å². The lowest BCUT2D eigenvalue weighted by Gasteiger charge is -2.36. The number of piperazine rings is 1.